The Morgan fingerprint density at radius 2 is 1.95 bits per heavy atom. The molecule has 3 rings (SSSR count). The van der Waals surface area contributed by atoms with E-state index in [1.54, 1.807) is 0 Å². The highest BCUT2D eigenvalue weighted by molar-refractivity contribution is 14.0. The monoisotopic (exact) mass is 399 g/mol. The van der Waals surface area contributed by atoms with Crippen LogP contribution in [0.4, 0.5) is 0 Å². The largest absolute Gasteiger partial charge is 0.357 e. The summed E-state index contributed by atoms with van der Waals surface area (Å²) in [6.45, 7) is 5.08. The lowest BCUT2D eigenvalue weighted by Crippen LogP contribution is -2.38. The predicted molar refractivity (Wildman–Crippen MR) is 99.4 cm³/mol. The van der Waals surface area contributed by atoms with E-state index in [1.807, 2.05) is 0 Å². The van der Waals surface area contributed by atoms with E-state index in [0.29, 0.717) is 0 Å². The summed E-state index contributed by atoms with van der Waals surface area (Å²) in [6.07, 6.45) is 4.03. The zero-order valence-corrected chi connectivity index (χ0v) is 15.0. The third-order valence-corrected chi connectivity index (χ3v) is 4.23. The summed E-state index contributed by atoms with van der Waals surface area (Å²) >= 11 is 0. The highest BCUT2D eigenvalue weighted by Crippen LogP contribution is 2.46. The minimum Gasteiger partial charge on any atom is -0.357 e. The van der Waals surface area contributed by atoms with Gasteiger partial charge in [-0.3, -0.25) is 4.99 Å². The number of benzene rings is 1. The van der Waals surface area contributed by atoms with Gasteiger partial charge in [-0.05, 0) is 49.5 Å². The molecule has 2 atom stereocenters. The quantitative estimate of drug-likeness (QED) is 0.437. The Morgan fingerprint density at radius 1 is 1.19 bits per heavy atom. The van der Waals surface area contributed by atoms with E-state index in [0.717, 1.165) is 43.3 Å². The van der Waals surface area contributed by atoms with Gasteiger partial charge in [0.2, 0.25) is 0 Å². The van der Waals surface area contributed by atoms with Gasteiger partial charge in [0, 0.05) is 19.6 Å². The molecule has 2 aliphatic rings. The van der Waals surface area contributed by atoms with E-state index in [2.05, 4.69) is 52.9 Å². The fourth-order valence-corrected chi connectivity index (χ4v) is 2.67. The number of nitrogens with zero attached hydrogens (tertiary/aromatic N) is 1. The van der Waals surface area contributed by atoms with Crippen molar-refractivity contribution < 1.29 is 0 Å². The van der Waals surface area contributed by atoms with Crippen LogP contribution in [0.5, 0.6) is 0 Å². The molecule has 2 aliphatic carbocycles. The van der Waals surface area contributed by atoms with Crippen molar-refractivity contribution in [1.82, 2.24) is 10.6 Å². The topological polar surface area (TPSA) is 36.4 Å². The molecule has 0 bridgehead atoms. The molecule has 1 aromatic carbocycles. The van der Waals surface area contributed by atoms with Crippen LogP contribution in [-0.4, -0.2) is 25.6 Å². The number of guanidine groups is 1. The lowest BCUT2D eigenvalue weighted by atomic mass is 10.1. The van der Waals surface area contributed by atoms with Crippen molar-refractivity contribution >= 4 is 29.9 Å². The zero-order valence-electron chi connectivity index (χ0n) is 12.7. The van der Waals surface area contributed by atoms with E-state index in [4.69, 9.17) is 0 Å². The zero-order chi connectivity index (χ0) is 13.8. The van der Waals surface area contributed by atoms with Gasteiger partial charge in [0.25, 0.3) is 0 Å². The van der Waals surface area contributed by atoms with Crippen molar-refractivity contribution in [3.63, 3.8) is 0 Å². The Bertz CT molecular complexity index is 456. The molecule has 0 amide bonds. The molecule has 1 aromatic rings. The Morgan fingerprint density at radius 3 is 2.62 bits per heavy atom. The van der Waals surface area contributed by atoms with Crippen molar-refractivity contribution in [2.75, 3.05) is 19.6 Å². The number of halogens is 1. The molecule has 0 saturated heterocycles. The van der Waals surface area contributed by atoms with Crippen molar-refractivity contribution in [3.05, 3.63) is 35.9 Å². The Hall–Kier alpha value is -0.780. The predicted octanol–water partition coefficient (Wildman–Crippen LogP) is 3.37. The molecule has 2 unspecified atom stereocenters. The Labute approximate surface area is 145 Å². The van der Waals surface area contributed by atoms with Crippen molar-refractivity contribution in [3.8, 4) is 0 Å². The lowest BCUT2D eigenvalue weighted by molar-refractivity contribution is 0.715. The van der Waals surface area contributed by atoms with Crippen LogP contribution in [-0.2, 0) is 0 Å². The minimum absolute atomic E-state index is 0. The van der Waals surface area contributed by atoms with Gasteiger partial charge in [-0.2, -0.15) is 0 Å². The molecular weight excluding hydrogens is 373 g/mol. The number of nitrogens with one attached hydrogen (secondary N) is 2. The molecule has 0 aromatic heterocycles. The minimum atomic E-state index is 0. The number of rotatable bonds is 6. The van der Waals surface area contributed by atoms with Gasteiger partial charge >= 0.3 is 0 Å². The number of aliphatic imine (C=N–C) groups is 1. The van der Waals surface area contributed by atoms with Gasteiger partial charge in [-0.15, -0.1) is 24.0 Å². The maximum absolute atomic E-state index is 4.67. The summed E-state index contributed by atoms with van der Waals surface area (Å²) in [5.74, 6) is 3.36. The lowest BCUT2D eigenvalue weighted by Gasteiger charge is -2.11. The maximum atomic E-state index is 4.67. The van der Waals surface area contributed by atoms with Gasteiger partial charge in [0.05, 0.1) is 0 Å². The van der Waals surface area contributed by atoms with Crippen molar-refractivity contribution in [2.45, 2.75) is 32.1 Å². The summed E-state index contributed by atoms with van der Waals surface area (Å²) in [4.78, 5) is 4.67. The molecule has 2 fully saturated rings. The third kappa shape index (κ3) is 5.16. The normalized spacial score (nSPS) is 24.1. The van der Waals surface area contributed by atoms with Crippen LogP contribution < -0.4 is 10.6 Å². The molecule has 116 valence electrons. The first kappa shape index (κ1) is 16.6. The highest BCUT2D eigenvalue weighted by Gasteiger charge is 2.37. The standard InChI is InChI=1S/C17H25N3.HI/c1-2-18-17(19-11-13-8-9-13)20-12-15-10-16(15)14-6-4-3-5-7-14;/h3-7,13,15-16H,2,8-12H2,1H3,(H2,18,19,20);1H. The third-order valence-electron chi connectivity index (χ3n) is 4.23. The van der Waals surface area contributed by atoms with Gasteiger partial charge in [0.15, 0.2) is 5.96 Å². The highest BCUT2D eigenvalue weighted by atomic mass is 127. The van der Waals surface area contributed by atoms with E-state index in [-0.39, 0.29) is 24.0 Å². The van der Waals surface area contributed by atoms with Crippen LogP contribution in [0.15, 0.2) is 35.3 Å². The summed E-state index contributed by atoms with van der Waals surface area (Å²) in [6, 6.07) is 10.9. The average molecular weight is 399 g/mol. The van der Waals surface area contributed by atoms with E-state index in [9.17, 15) is 0 Å². The first-order valence-electron chi connectivity index (χ1n) is 7.94. The van der Waals surface area contributed by atoms with Crippen LogP contribution in [0, 0.1) is 11.8 Å². The summed E-state index contributed by atoms with van der Waals surface area (Å²) < 4.78 is 0. The van der Waals surface area contributed by atoms with Crippen LogP contribution in [0.25, 0.3) is 0 Å². The molecule has 0 spiro atoms. The molecule has 4 heteroatoms. The van der Waals surface area contributed by atoms with Crippen LogP contribution in [0.1, 0.15) is 37.7 Å². The second kappa shape index (κ2) is 8.01. The van der Waals surface area contributed by atoms with Gasteiger partial charge in [-0.1, -0.05) is 30.3 Å². The molecule has 0 radical (unpaired) electrons. The second-order valence-corrected chi connectivity index (χ2v) is 6.06. The van der Waals surface area contributed by atoms with E-state index < -0.39 is 0 Å². The van der Waals surface area contributed by atoms with Gasteiger partial charge < -0.3 is 10.6 Å². The molecule has 3 nitrogen and oxygen atoms in total. The fourth-order valence-electron chi connectivity index (χ4n) is 2.67. The average Bonchev–Trinajstić information content (AvgIpc) is 3.38. The molecular formula is C17H26IN3. The summed E-state index contributed by atoms with van der Waals surface area (Å²) in [7, 11) is 0. The van der Waals surface area contributed by atoms with Crippen molar-refractivity contribution in [1.29, 1.82) is 0 Å². The number of hydrogen-bond acceptors (Lipinski definition) is 1. The van der Waals surface area contributed by atoms with Crippen LogP contribution >= 0.6 is 24.0 Å². The smallest absolute Gasteiger partial charge is 0.191 e. The molecule has 2 N–H and O–H groups in total. The number of hydrogen-bond donors (Lipinski definition) is 2. The first-order valence-corrected chi connectivity index (χ1v) is 7.94. The Kier molecular flexibility index (Phi) is 6.33. The molecule has 2 saturated carbocycles. The molecule has 0 heterocycles. The van der Waals surface area contributed by atoms with Crippen LogP contribution in [0.3, 0.4) is 0 Å². The molecule has 0 aliphatic heterocycles. The maximum Gasteiger partial charge on any atom is 0.191 e. The van der Waals surface area contributed by atoms with Crippen molar-refractivity contribution in [2.24, 2.45) is 16.8 Å². The SMILES string of the molecule is CCNC(=NCC1CC1)NCC1CC1c1ccccc1.I. The summed E-state index contributed by atoms with van der Waals surface area (Å²) in [5, 5.41) is 6.85. The van der Waals surface area contributed by atoms with E-state index >= 15 is 0 Å². The van der Waals surface area contributed by atoms with Gasteiger partial charge in [-0.25, -0.2) is 0 Å². The first-order chi connectivity index (χ1) is 9.86. The van der Waals surface area contributed by atoms with Crippen LogP contribution in [0.2, 0.25) is 0 Å². The van der Waals surface area contributed by atoms with Gasteiger partial charge in [0.1, 0.15) is 0 Å². The van der Waals surface area contributed by atoms with E-state index in [1.165, 1.54) is 24.8 Å². The molecule has 21 heavy (non-hydrogen) atoms. The fraction of sp³-hybridized carbons (Fsp3) is 0.588. The Balaban J connectivity index is 0.00000161. The summed E-state index contributed by atoms with van der Waals surface area (Å²) in [5.41, 5.74) is 1.49. The second-order valence-electron chi connectivity index (χ2n) is 6.06.